The van der Waals surface area contributed by atoms with Gasteiger partial charge in [-0.25, -0.2) is 4.39 Å². The standard InChI is InChI=1S/C12H12FN3O3/c1-3-15(5-4-14)12(17)10-7-9(16(18)19)6-8(2)11(10)13/h6-7H,3,5H2,1-2H3. The van der Waals surface area contributed by atoms with E-state index in [1.165, 1.54) is 6.92 Å². The minimum atomic E-state index is -0.799. The summed E-state index contributed by atoms with van der Waals surface area (Å²) >= 11 is 0. The predicted octanol–water partition coefficient (Wildman–Crippen LogP) is 2.03. The maximum Gasteiger partial charge on any atom is 0.270 e. The Morgan fingerprint density at radius 1 is 1.58 bits per heavy atom. The molecule has 0 unspecified atom stereocenters. The van der Waals surface area contributed by atoms with E-state index in [9.17, 15) is 19.3 Å². The normalized spacial score (nSPS) is 9.79. The molecule has 0 bridgehead atoms. The van der Waals surface area contributed by atoms with Crippen LogP contribution < -0.4 is 0 Å². The van der Waals surface area contributed by atoms with E-state index in [0.717, 1.165) is 17.0 Å². The van der Waals surface area contributed by atoms with Gasteiger partial charge in [-0.3, -0.25) is 14.9 Å². The first-order chi connectivity index (χ1) is 8.92. The summed E-state index contributed by atoms with van der Waals surface area (Å²) in [5.74, 6) is -1.53. The van der Waals surface area contributed by atoms with E-state index >= 15 is 0 Å². The number of rotatable bonds is 4. The van der Waals surface area contributed by atoms with E-state index in [0.29, 0.717) is 0 Å². The van der Waals surface area contributed by atoms with E-state index in [4.69, 9.17) is 5.26 Å². The van der Waals surface area contributed by atoms with E-state index in [1.54, 1.807) is 13.0 Å². The molecule has 0 aliphatic heterocycles. The van der Waals surface area contributed by atoms with Gasteiger partial charge in [0.15, 0.2) is 0 Å². The summed E-state index contributed by atoms with van der Waals surface area (Å²) in [5.41, 5.74) is -0.718. The van der Waals surface area contributed by atoms with Gasteiger partial charge in [-0.1, -0.05) is 0 Å². The van der Waals surface area contributed by atoms with Crippen molar-refractivity contribution in [2.24, 2.45) is 0 Å². The van der Waals surface area contributed by atoms with Gasteiger partial charge >= 0.3 is 0 Å². The number of halogens is 1. The van der Waals surface area contributed by atoms with Crippen molar-refractivity contribution >= 4 is 11.6 Å². The lowest BCUT2D eigenvalue weighted by Gasteiger charge is -2.17. The molecular weight excluding hydrogens is 253 g/mol. The number of benzene rings is 1. The number of hydrogen-bond acceptors (Lipinski definition) is 4. The number of hydrogen-bond donors (Lipinski definition) is 0. The predicted molar refractivity (Wildman–Crippen MR) is 65.0 cm³/mol. The number of carbonyl (C=O) groups excluding carboxylic acids is 1. The minimum Gasteiger partial charge on any atom is -0.326 e. The molecule has 7 heteroatoms. The van der Waals surface area contributed by atoms with Crippen LogP contribution in [0.1, 0.15) is 22.8 Å². The van der Waals surface area contributed by atoms with Crippen LogP contribution in [-0.2, 0) is 0 Å². The zero-order chi connectivity index (χ0) is 14.6. The molecule has 1 aromatic rings. The topological polar surface area (TPSA) is 87.2 Å². The average Bonchev–Trinajstić information content (AvgIpc) is 2.37. The third-order valence-corrected chi connectivity index (χ3v) is 2.61. The van der Waals surface area contributed by atoms with Gasteiger partial charge in [0.05, 0.1) is 16.6 Å². The Morgan fingerprint density at radius 2 is 2.21 bits per heavy atom. The molecule has 6 nitrogen and oxygen atoms in total. The highest BCUT2D eigenvalue weighted by atomic mass is 19.1. The molecule has 0 aromatic heterocycles. The van der Waals surface area contributed by atoms with Crippen molar-refractivity contribution in [3.8, 4) is 6.07 Å². The van der Waals surface area contributed by atoms with E-state index in [1.807, 2.05) is 0 Å². The summed E-state index contributed by atoms with van der Waals surface area (Å²) in [6.45, 7) is 3.00. The van der Waals surface area contributed by atoms with Crippen LogP contribution in [-0.4, -0.2) is 28.8 Å². The molecule has 0 radical (unpaired) electrons. The maximum atomic E-state index is 13.9. The zero-order valence-corrected chi connectivity index (χ0v) is 10.5. The van der Waals surface area contributed by atoms with E-state index < -0.39 is 16.6 Å². The highest BCUT2D eigenvalue weighted by Gasteiger charge is 2.23. The fourth-order valence-corrected chi connectivity index (χ4v) is 1.59. The van der Waals surface area contributed by atoms with Crippen molar-refractivity contribution in [2.45, 2.75) is 13.8 Å². The maximum absolute atomic E-state index is 13.9. The van der Waals surface area contributed by atoms with Gasteiger partial charge in [-0.05, 0) is 19.4 Å². The largest absolute Gasteiger partial charge is 0.326 e. The second kappa shape index (κ2) is 5.91. The number of non-ortho nitro benzene ring substituents is 1. The van der Waals surface area contributed by atoms with Crippen molar-refractivity contribution in [1.29, 1.82) is 5.26 Å². The summed E-state index contributed by atoms with van der Waals surface area (Å²) in [6.07, 6.45) is 0. The van der Waals surface area contributed by atoms with Crippen LogP contribution >= 0.6 is 0 Å². The highest BCUT2D eigenvalue weighted by molar-refractivity contribution is 5.95. The molecule has 0 saturated heterocycles. The zero-order valence-electron chi connectivity index (χ0n) is 10.5. The third-order valence-electron chi connectivity index (χ3n) is 2.61. The Kier molecular flexibility index (Phi) is 4.53. The Morgan fingerprint density at radius 3 is 2.68 bits per heavy atom. The van der Waals surface area contributed by atoms with Gasteiger partial charge < -0.3 is 4.90 Å². The van der Waals surface area contributed by atoms with Crippen LogP contribution in [0.2, 0.25) is 0 Å². The number of nitrogens with zero attached hydrogens (tertiary/aromatic N) is 3. The molecule has 0 spiro atoms. The minimum absolute atomic E-state index is 0.0190. The first-order valence-corrected chi connectivity index (χ1v) is 5.53. The van der Waals surface area contributed by atoms with Crippen LogP contribution in [0.5, 0.6) is 0 Å². The van der Waals surface area contributed by atoms with E-state index in [-0.39, 0.29) is 29.9 Å². The van der Waals surface area contributed by atoms with Crippen LogP contribution in [0.15, 0.2) is 12.1 Å². The summed E-state index contributed by atoms with van der Waals surface area (Å²) < 4.78 is 13.9. The summed E-state index contributed by atoms with van der Waals surface area (Å²) in [4.78, 5) is 23.2. The molecule has 0 heterocycles. The molecule has 100 valence electrons. The Bertz CT molecular complexity index is 566. The SMILES string of the molecule is CCN(CC#N)C(=O)c1cc([N+](=O)[O-])cc(C)c1F. The number of amides is 1. The van der Waals surface area contributed by atoms with Crippen LogP contribution in [0, 0.1) is 34.2 Å². The number of nitro benzene ring substituents is 1. The molecular formula is C12H12FN3O3. The van der Waals surface area contributed by atoms with Gasteiger partial charge in [-0.15, -0.1) is 0 Å². The third kappa shape index (κ3) is 3.04. The van der Waals surface area contributed by atoms with Gasteiger partial charge in [0, 0.05) is 18.7 Å². The lowest BCUT2D eigenvalue weighted by molar-refractivity contribution is -0.385. The van der Waals surface area contributed by atoms with Gasteiger partial charge in [0.1, 0.15) is 12.4 Å². The summed E-state index contributed by atoms with van der Waals surface area (Å²) in [7, 11) is 0. The molecule has 0 atom stereocenters. The van der Waals surface area contributed by atoms with Crippen molar-refractivity contribution < 1.29 is 14.1 Å². The fourth-order valence-electron chi connectivity index (χ4n) is 1.59. The number of aryl methyl sites for hydroxylation is 1. The molecule has 0 saturated carbocycles. The smallest absolute Gasteiger partial charge is 0.270 e. The van der Waals surface area contributed by atoms with Crippen molar-refractivity contribution in [3.05, 3.63) is 39.2 Å². The molecule has 0 fully saturated rings. The first-order valence-electron chi connectivity index (χ1n) is 5.53. The Balaban J connectivity index is 3.29. The quantitative estimate of drug-likeness (QED) is 0.473. The number of nitro groups is 1. The lowest BCUT2D eigenvalue weighted by Crippen LogP contribution is -2.32. The molecule has 0 N–H and O–H groups in total. The van der Waals surface area contributed by atoms with Crippen LogP contribution in [0.4, 0.5) is 10.1 Å². The summed E-state index contributed by atoms with van der Waals surface area (Å²) in [6, 6.07) is 3.75. The lowest BCUT2D eigenvalue weighted by atomic mass is 10.1. The van der Waals surface area contributed by atoms with Crippen molar-refractivity contribution in [3.63, 3.8) is 0 Å². The van der Waals surface area contributed by atoms with Gasteiger partial charge in [0.2, 0.25) is 0 Å². The molecule has 1 rings (SSSR count). The average molecular weight is 265 g/mol. The Hall–Kier alpha value is -2.49. The second-order valence-corrected chi connectivity index (χ2v) is 3.86. The monoisotopic (exact) mass is 265 g/mol. The summed E-state index contributed by atoms with van der Waals surface area (Å²) in [5, 5.41) is 19.3. The fraction of sp³-hybridized carbons (Fsp3) is 0.333. The first kappa shape index (κ1) is 14.6. The number of carbonyl (C=O) groups is 1. The highest BCUT2D eigenvalue weighted by Crippen LogP contribution is 2.22. The molecule has 19 heavy (non-hydrogen) atoms. The van der Waals surface area contributed by atoms with Crippen LogP contribution in [0.3, 0.4) is 0 Å². The van der Waals surface area contributed by atoms with E-state index in [2.05, 4.69) is 0 Å². The second-order valence-electron chi connectivity index (χ2n) is 3.86. The van der Waals surface area contributed by atoms with Crippen LogP contribution in [0.25, 0.3) is 0 Å². The molecule has 1 aromatic carbocycles. The van der Waals surface area contributed by atoms with Crippen molar-refractivity contribution in [2.75, 3.05) is 13.1 Å². The number of nitriles is 1. The van der Waals surface area contributed by atoms with Crippen molar-refractivity contribution in [1.82, 2.24) is 4.90 Å². The van der Waals surface area contributed by atoms with Gasteiger partial charge in [-0.2, -0.15) is 5.26 Å². The van der Waals surface area contributed by atoms with Gasteiger partial charge in [0.25, 0.3) is 11.6 Å². The molecule has 1 amide bonds. The Labute approximate surface area is 109 Å². The molecule has 0 aliphatic carbocycles. The molecule has 0 aliphatic rings.